The minimum atomic E-state index is 0.0974. The van der Waals surface area contributed by atoms with Crippen molar-refractivity contribution in [2.45, 2.75) is 44.6 Å². The molecular formula is C17H25NO3. The van der Waals surface area contributed by atoms with Gasteiger partial charge in [-0.05, 0) is 31.0 Å². The van der Waals surface area contributed by atoms with Crippen LogP contribution in [-0.2, 0) is 0 Å². The fourth-order valence-electron chi connectivity index (χ4n) is 2.83. The topological polar surface area (TPSA) is 47.6 Å². The third-order valence-corrected chi connectivity index (χ3v) is 4.11. The zero-order valence-electron chi connectivity index (χ0n) is 13.0. The predicted molar refractivity (Wildman–Crippen MR) is 83.4 cm³/mol. The van der Waals surface area contributed by atoms with Crippen LogP contribution in [0.1, 0.15) is 48.9 Å². The summed E-state index contributed by atoms with van der Waals surface area (Å²) in [5.41, 5.74) is 0.661. The predicted octanol–water partition coefficient (Wildman–Crippen LogP) is 3.20. The van der Waals surface area contributed by atoms with E-state index in [4.69, 9.17) is 9.47 Å². The molecule has 1 aliphatic carbocycles. The highest BCUT2D eigenvalue weighted by molar-refractivity contribution is 5.98. The van der Waals surface area contributed by atoms with Crippen LogP contribution in [0, 0.1) is 0 Å². The molecule has 0 aliphatic heterocycles. The van der Waals surface area contributed by atoms with Crippen LogP contribution in [0.3, 0.4) is 0 Å². The number of methoxy groups -OCH3 is 2. The van der Waals surface area contributed by atoms with Crippen molar-refractivity contribution in [3.8, 4) is 11.5 Å². The Morgan fingerprint density at radius 1 is 1.10 bits per heavy atom. The van der Waals surface area contributed by atoms with E-state index in [1.54, 1.807) is 32.4 Å². The van der Waals surface area contributed by atoms with Crippen molar-refractivity contribution in [1.82, 2.24) is 5.32 Å². The number of carbonyl (C=O) groups is 1. The molecule has 0 spiro atoms. The average Bonchev–Trinajstić information content (AvgIpc) is 2.80. The molecule has 0 radical (unpaired) electrons. The summed E-state index contributed by atoms with van der Waals surface area (Å²) in [5.74, 6) is 1.34. The molecule has 1 fully saturated rings. The molecule has 1 aliphatic rings. The zero-order valence-corrected chi connectivity index (χ0v) is 13.0. The Morgan fingerprint density at radius 2 is 1.76 bits per heavy atom. The van der Waals surface area contributed by atoms with Gasteiger partial charge in [0, 0.05) is 11.6 Å². The van der Waals surface area contributed by atoms with Gasteiger partial charge < -0.3 is 14.8 Å². The first-order chi connectivity index (χ1) is 10.2. The SMILES string of the molecule is COc1ccc(C(=O)CNC2CCCCCC2)cc1OC. The van der Waals surface area contributed by atoms with Gasteiger partial charge >= 0.3 is 0 Å². The van der Waals surface area contributed by atoms with Gasteiger partial charge in [0.25, 0.3) is 0 Å². The number of rotatable bonds is 6. The first-order valence-corrected chi connectivity index (χ1v) is 7.73. The number of ether oxygens (including phenoxy) is 2. The maximum absolute atomic E-state index is 12.3. The van der Waals surface area contributed by atoms with Gasteiger partial charge in [-0.2, -0.15) is 0 Å². The Morgan fingerprint density at radius 3 is 2.38 bits per heavy atom. The third-order valence-electron chi connectivity index (χ3n) is 4.11. The number of hydrogen-bond donors (Lipinski definition) is 1. The average molecular weight is 291 g/mol. The molecule has 1 N–H and O–H groups in total. The van der Waals surface area contributed by atoms with Gasteiger partial charge in [-0.1, -0.05) is 25.7 Å². The van der Waals surface area contributed by atoms with Crippen LogP contribution in [0.15, 0.2) is 18.2 Å². The standard InChI is InChI=1S/C17H25NO3/c1-20-16-10-9-13(11-17(16)21-2)15(19)12-18-14-7-5-3-4-6-8-14/h9-11,14,18H,3-8,12H2,1-2H3. The molecule has 1 saturated carbocycles. The molecule has 0 aromatic heterocycles. The maximum atomic E-state index is 12.3. The normalized spacial score (nSPS) is 16.3. The molecule has 116 valence electrons. The highest BCUT2D eigenvalue weighted by Gasteiger charge is 2.15. The monoisotopic (exact) mass is 291 g/mol. The fraction of sp³-hybridized carbons (Fsp3) is 0.588. The van der Waals surface area contributed by atoms with Crippen molar-refractivity contribution < 1.29 is 14.3 Å². The second-order valence-corrected chi connectivity index (χ2v) is 5.56. The molecule has 0 saturated heterocycles. The highest BCUT2D eigenvalue weighted by atomic mass is 16.5. The van der Waals surface area contributed by atoms with E-state index < -0.39 is 0 Å². The lowest BCUT2D eigenvalue weighted by Crippen LogP contribution is -2.33. The van der Waals surface area contributed by atoms with Crippen molar-refractivity contribution in [2.24, 2.45) is 0 Å². The minimum absolute atomic E-state index is 0.0974. The van der Waals surface area contributed by atoms with E-state index in [1.807, 2.05) is 0 Å². The Bertz CT molecular complexity index is 465. The van der Waals surface area contributed by atoms with E-state index in [1.165, 1.54) is 38.5 Å². The summed E-state index contributed by atoms with van der Waals surface area (Å²) in [6.45, 7) is 0.389. The molecule has 2 rings (SSSR count). The van der Waals surface area contributed by atoms with Crippen LogP contribution >= 0.6 is 0 Å². The quantitative estimate of drug-likeness (QED) is 0.646. The molecule has 4 nitrogen and oxygen atoms in total. The molecule has 0 atom stereocenters. The lowest BCUT2D eigenvalue weighted by atomic mass is 10.1. The van der Waals surface area contributed by atoms with Crippen LogP contribution in [0.2, 0.25) is 0 Å². The minimum Gasteiger partial charge on any atom is -0.493 e. The number of carbonyl (C=O) groups excluding carboxylic acids is 1. The lowest BCUT2D eigenvalue weighted by Gasteiger charge is -2.16. The molecule has 0 amide bonds. The number of ketones is 1. The summed E-state index contributed by atoms with van der Waals surface area (Å²) in [7, 11) is 3.17. The number of Topliss-reactive ketones (excluding diaryl/α,β-unsaturated/α-hetero) is 1. The highest BCUT2D eigenvalue weighted by Crippen LogP contribution is 2.27. The smallest absolute Gasteiger partial charge is 0.176 e. The first kappa shape index (κ1) is 15.8. The van der Waals surface area contributed by atoms with E-state index in [-0.39, 0.29) is 5.78 Å². The summed E-state index contributed by atoms with van der Waals surface area (Å²) in [4.78, 5) is 12.3. The second kappa shape index (κ2) is 8.03. The molecule has 1 aromatic rings. The van der Waals surface area contributed by atoms with E-state index >= 15 is 0 Å². The summed E-state index contributed by atoms with van der Waals surface area (Å²) in [6.07, 6.45) is 7.53. The van der Waals surface area contributed by atoms with Crippen molar-refractivity contribution in [1.29, 1.82) is 0 Å². The Labute approximate surface area is 126 Å². The molecule has 0 heterocycles. The van der Waals surface area contributed by atoms with Gasteiger partial charge in [0.2, 0.25) is 0 Å². The number of nitrogens with one attached hydrogen (secondary N) is 1. The third kappa shape index (κ3) is 4.46. The van der Waals surface area contributed by atoms with Gasteiger partial charge in [-0.25, -0.2) is 0 Å². The molecular weight excluding hydrogens is 266 g/mol. The van der Waals surface area contributed by atoms with Gasteiger partial charge in [-0.15, -0.1) is 0 Å². The molecule has 0 bridgehead atoms. The molecule has 4 heteroatoms. The van der Waals surface area contributed by atoms with Crippen molar-refractivity contribution in [3.63, 3.8) is 0 Å². The Balaban J connectivity index is 1.93. The Hall–Kier alpha value is -1.55. The molecule has 1 aromatic carbocycles. The first-order valence-electron chi connectivity index (χ1n) is 7.73. The fourth-order valence-corrected chi connectivity index (χ4v) is 2.83. The van der Waals surface area contributed by atoms with Gasteiger partial charge in [0.05, 0.1) is 20.8 Å². The summed E-state index contributed by atoms with van der Waals surface area (Å²) in [6, 6.07) is 5.79. The number of hydrogen-bond acceptors (Lipinski definition) is 4. The van der Waals surface area contributed by atoms with E-state index in [2.05, 4.69) is 5.32 Å². The van der Waals surface area contributed by atoms with Gasteiger partial charge in [-0.3, -0.25) is 4.79 Å². The van der Waals surface area contributed by atoms with E-state index in [9.17, 15) is 4.79 Å². The summed E-state index contributed by atoms with van der Waals surface area (Å²) >= 11 is 0. The number of benzene rings is 1. The maximum Gasteiger partial charge on any atom is 0.176 e. The Kier molecular flexibility index (Phi) is 6.05. The molecule has 0 unspecified atom stereocenters. The van der Waals surface area contributed by atoms with Crippen LogP contribution in [-0.4, -0.2) is 32.6 Å². The zero-order chi connectivity index (χ0) is 15.1. The summed E-state index contributed by atoms with van der Waals surface area (Å²) < 4.78 is 10.4. The van der Waals surface area contributed by atoms with Crippen molar-refractivity contribution in [3.05, 3.63) is 23.8 Å². The van der Waals surface area contributed by atoms with Crippen LogP contribution in [0.4, 0.5) is 0 Å². The largest absolute Gasteiger partial charge is 0.493 e. The second-order valence-electron chi connectivity index (χ2n) is 5.56. The lowest BCUT2D eigenvalue weighted by molar-refractivity contribution is 0.0986. The van der Waals surface area contributed by atoms with Crippen LogP contribution in [0.5, 0.6) is 11.5 Å². The van der Waals surface area contributed by atoms with E-state index in [0.717, 1.165) is 0 Å². The van der Waals surface area contributed by atoms with E-state index in [0.29, 0.717) is 29.6 Å². The van der Waals surface area contributed by atoms with Crippen molar-refractivity contribution >= 4 is 5.78 Å². The van der Waals surface area contributed by atoms with Crippen LogP contribution in [0.25, 0.3) is 0 Å². The molecule has 21 heavy (non-hydrogen) atoms. The van der Waals surface area contributed by atoms with Crippen LogP contribution < -0.4 is 14.8 Å². The van der Waals surface area contributed by atoms with Gasteiger partial charge in [0.1, 0.15) is 0 Å². The summed E-state index contributed by atoms with van der Waals surface area (Å²) in [5, 5.41) is 3.40. The van der Waals surface area contributed by atoms with Crippen molar-refractivity contribution in [2.75, 3.05) is 20.8 Å². The van der Waals surface area contributed by atoms with Gasteiger partial charge in [0.15, 0.2) is 17.3 Å².